The van der Waals surface area contributed by atoms with Crippen LogP contribution in [0, 0.1) is 6.92 Å². The van der Waals surface area contributed by atoms with Crippen molar-refractivity contribution in [1.82, 2.24) is 5.32 Å². The Morgan fingerprint density at radius 2 is 2.14 bits per heavy atom. The van der Waals surface area contributed by atoms with Crippen LogP contribution in [0.4, 0.5) is 0 Å². The van der Waals surface area contributed by atoms with Crippen molar-refractivity contribution in [1.29, 1.82) is 0 Å². The minimum atomic E-state index is 0.429. The Bertz CT molecular complexity index is 445. The van der Waals surface area contributed by atoms with Gasteiger partial charge < -0.3 is 5.32 Å². The van der Waals surface area contributed by atoms with E-state index in [4.69, 9.17) is 0 Å². The average Bonchev–Trinajstić information content (AvgIpc) is 2.59. The Morgan fingerprint density at radius 1 is 1.36 bits per heavy atom. The standard InChI is InChI=1S/C12H15NS/c1-8-7-14-12-5-4-10(6-11(8)12)9(2)13-3/h4-7,9,13H,1-3H3. The molecule has 14 heavy (non-hydrogen) atoms. The SMILES string of the molecule is CNC(C)c1ccc2scc(C)c2c1. The molecule has 0 aliphatic rings. The Balaban J connectivity index is 2.54. The van der Waals surface area contributed by atoms with Crippen LogP contribution in [0.1, 0.15) is 24.1 Å². The second-order valence-electron chi connectivity index (χ2n) is 3.68. The van der Waals surface area contributed by atoms with Gasteiger partial charge in [-0.25, -0.2) is 0 Å². The van der Waals surface area contributed by atoms with Crippen LogP contribution < -0.4 is 5.32 Å². The summed E-state index contributed by atoms with van der Waals surface area (Å²) in [4.78, 5) is 0. The van der Waals surface area contributed by atoms with Crippen LogP contribution in [0.15, 0.2) is 23.6 Å². The van der Waals surface area contributed by atoms with E-state index in [1.807, 2.05) is 18.4 Å². The first-order chi connectivity index (χ1) is 6.72. The number of nitrogens with one attached hydrogen (secondary N) is 1. The fourth-order valence-corrected chi connectivity index (χ4v) is 2.53. The van der Waals surface area contributed by atoms with Crippen molar-refractivity contribution in [3.8, 4) is 0 Å². The highest BCUT2D eigenvalue weighted by Crippen LogP contribution is 2.27. The van der Waals surface area contributed by atoms with Gasteiger partial charge >= 0.3 is 0 Å². The molecular formula is C12H15NS. The molecule has 2 heteroatoms. The van der Waals surface area contributed by atoms with Gasteiger partial charge in [0.05, 0.1) is 0 Å². The molecule has 1 unspecified atom stereocenters. The predicted octanol–water partition coefficient (Wildman–Crippen LogP) is 3.49. The van der Waals surface area contributed by atoms with E-state index in [2.05, 4.69) is 42.7 Å². The molecule has 74 valence electrons. The first-order valence-electron chi connectivity index (χ1n) is 4.87. The molecule has 0 aliphatic heterocycles. The number of hydrogen-bond acceptors (Lipinski definition) is 2. The lowest BCUT2D eigenvalue weighted by Gasteiger charge is -2.10. The molecule has 0 amide bonds. The van der Waals surface area contributed by atoms with Gasteiger partial charge in [-0.2, -0.15) is 0 Å². The van der Waals surface area contributed by atoms with Crippen molar-refractivity contribution in [2.45, 2.75) is 19.9 Å². The monoisotopic (exact) mass is 205 g/mol. The molecule has 1 nitrogen and oxygen atoms in total. The summed E-state index contributed by atoms with van der Waals surface area (Å²) in [6.45, 7) is 4.36. The summed E-state index contributed by atoms with van der Waals surface area (Å²) in [5.74, 6) is 0. The second-order valence-corrected chi connectivity index (χ2v) is 4.60. The van der Waals surface area contributed by atoms with Crippen molar-refractivity contribution in [2.24, 2.45) is 0 Å². The third-order valence-corrected chi connectivity index (χ3v) is 3.81. The molecule has 1 aromatic heterocycles. The first kappa shape index (κ1) is 9.69. The van der Waals surface area contributed by atoms with Crippen molar-refractivity contribution in [3.05, 3.63) is 34.7 Å². The number of aryl methyl sites for hydroxylation is 1. The van der Waals surface area contributed by atoms with Crippen LogP contribution in [0.2, 0.25) is 0 Å². The number of thiophene rings is 1. The van der Waals surface area contributed by atoms with Crippen LogP contribution in [-0.2, 0) is 0 Å². The molecule has 0 aliphatic carbocycles. The zero-order valence-corrected chi connectivity index (χ0v) is 9.61. The van der Waals surface area contributed by atoms with Gasteiger partial charge in [-0.3, -0.25) is 0 Å². The van der Waals surface area contributed by atoms with Crippen LogP contribution >= 0.6 is 11.3 Å². The summed E-state index contributed by atoms with van der Waals surface area (Å²) in [5, 5.41) is 6.88. The van der Waals surface area contributed by atoms with Crippen molar-refractivity contribution in [2.75, 3.05) is 7.05 Å². The molecule has 0 fully saturated rings. The molecular weight excluding hydrogens is 190 g/mol. The molecule has 0 saturated heterocycles. The summed E-state index contributed by atoms with van der Waals surface area (Å²) in [6.07, 6.45) is 0. The van der Waals surface area contributed by atoms with E-state index in [0.717, 1.165) is 0 Å². The van der Waals surface area contributed by atoms with Gasteiger partial charge in [0, 0.05) is 10.7 Å². The molecule has 1 heterocycles. The van der Waals surface area contributed by atoms with Gasteiger partial charge in [0.15, 0.2) is 0 Å². The highest BCUT2D eigenvalue weighted by Gasteiger charge is 2.05. The second kappa shape index (κ2) is 3.71. The smallest absolute Gasteiger partial charge is 0.0345 e. The van der Waals surface area contributed by atoms with Crippen molar-refractivity contribution < 1.29 is 0 Å². The normalized spacial score (nSPS) is 13.4. The molecule has 0 bridgehead atoms. The molecule has 1 N–H and O–H groups in total. The Hall–Kier alpha value is -0.860. The highest BCUT2D eigenvalue weighted by atomic mass is 32.1. The largest absolute Gasteiger partial charge is 0.313 e. The summed E-state index contributed by atoms with van der Waals surface area (Å²) in [6, 6.07) is 7.15. The summed E-state index contributed by atoms with van der Waals surface area (Å²) < 4.78 is 1.38. The maximum absolute atomic E-state index is 3.26. The summed E-state index contributed by atoms with van der Waals surface area (Å²) in [5.41, 5.74) is 2.75. The van der Waals surface area contributed by atoms with E-state index in [0.29, 0.717) is 6.04 Å². The lowest BCUT2D eigenvalue weighted by molar-refractivity contribution is 0.653. The molecule has 0 saturated carbocycles. The molecule has 1 atom stereocenters. The predicted molar refractivity (Wildman–Crippen MR) is 64.0 cm³/mol. The number of rotatable bonds is 2. The van der Waals surface area contributed by atoms with Crippen LogP contribution in [-0.4, -0.2) is 7.05 Å². The zero-order valence-electron chi connectivity index (χ0n) is 8.79. The highest BCUT2D eigenvalue weighted by molar-refractivity contribution is 7.17. The van der Waals surface area contributed by atoms with E-state index < -0.39 is 0 Å². The third kappa shape index (κ3) is 1.56. The minimum Gasteiger partial charge on any atom is -0.313 e. The zero-order chi connectivity index (χ0) is 10.1. The van der Waals surface area contributed by atoms with Crippen molar-refractivity contribution >= 4 is 21.4 Å². The first-order valence-corrected chi connectivity index (χ1v) is 5.75. The molecule has 2 aromatic rings. The van der Waals surface area contributed by atoms with Gasteiger partial charge in [0.2, 0.25) is 0 Å². The van der Waals surface area contributed by atoms with Gasteiger partial charge in [-0.15, -0.1) is 11.3 Å². The average molecular weight is 205 g/mol. The van der Waals surface area contributed by atoms with Crippen LogP contribution in [0.5, 0.6) is 0 Å². The molecule has 1 aromatic carbocycles. The van der Waals surface area contributed by atoms with Crippen LogP contribution in [0.25, 0.3) is 10.1 Å². The lowest BCUT2D eigenvalue weighted by atomic mass is 10.1. The number of fused-ring (bicyclic) bond motifs is 1. The maximum Gasteiger partial charge on any atom is 0.0345 e. The topological polar surface area (TPSA) is 12.0 Å². The Morgan fingerprint density at radius 3 is 2.86 bits per heavy atom. The van der Waals surface area contributed by atoms with E-state index in [-0.39, 0.29) is 0 Å². The molecule has 0 radical (unpaired) electrons. The van der Waals surface area contributed by atoms with Crippen molar-refractivity contribution in [3.63, 3.8) is 0 Å². The number of benzene rings is 1. The van der Waals surface area contributed by atoms with Crippen LogP contribution in [0.3, 0.4) is 0 Å². The van der Waals surface area contributed by atoms with E-state index in [1.54, 1.807) is 0 Å². The Labute approximate surface area is 88.8 Å². The van der Waals surface area contributed by atoms with Gasteiger partial charge in [0.25, 0.3) is 0 Å². The summed E-state index contributed by atoms with van der Waals surface area (Å²) >= 11 is 1.82. The van der Waals surface area contributed by atoms with E-state index >= 15 is 0 Å². The molecule has 0 spiro atoms. The van der Waals surface area contributed by atoms with Gasteiger partial charge in [0.1, 0.15) is 0 Å². The lowest BCUT2D eigenvalue weighted by Crippen LogP contribution is -2.11. The third-order valence-electron chi connectivity index (χ3n) is 2.72. The minimum absolute atomic E-state index is 0.429. The van der Waals surface area contributed by atoms with Gasteiger partial charge in [-0.05, 0) is 54.9 Å². The Kier molecular flexibility index (Phi) is 2.57. The summed E-state index contributed by atoms with van der Waals surface area (Å²) in [7, 11) is 2.00. The number of hydrogen-bond donors (Lipinski definition) is 1. The molecule has 2 rings (SSSR count). The quantitative estimate of drug-likeness (QED) is 0.791. The van der Waals surface area contributed by atoms with E-state index in [1.165, 1.54) is 21.2 Å². The fraction of sp³-hybridized carbons (Fsp3) is 0.333. The van der Waals surface area contributed by atoms with E-state index in [9.17, 15) is 0 Å². The fourth-order valence-electron chi connectivity index (χ4n) is 1.61. The maximum atomic E-state index is 3.26. The van der Waals surface area contributed by atoms with Gasteiger partial charge in [-0.1, -0.05) is 6.07 Å².